The van der Waals surface area contributed by atoms with E-state index in [1.807, 2.05) is 68.1 Å². The van der Waals surface area contributed by atoms with Crippen molar-refractivity contribution in [2.75, 3.05) is 14.1 Å². The van der Waals surface area contributed by atoms with Crippen molar-refractivity contribution in [3.8, 4) is 6.08 Å². The molecule has 0 fully saturated rings. The number of ether oxygens (including phenoxy) is 1. The van der Waals surface area contributed by atoms with Gasteiger partial charge in [-0.2, -0.15) is 4.98 Å². The quantitative estimate of drug-likeness (QED) is 0.369. The van der Waals surface area contributed by atoms with Crippen LogP contribution in [0.3, 0.4) is 0 Å². The van der Waals surface area contributed by atoms with Crippen molar-refractivity contribution < 1.29 is 14.1 Å². The highest BCUT2D eigenvalue weighted by atomic mass is 35.5. The number of hydrogen-bond donors (Lipinski definition) is 0. The molecule has 1 aliphatic heterocycles. The molecule has 0 N–H and O–H groups in total. The van der Waals surface area contributed by atoms with E-state index in [9.17, 15) is 4.79 Å². The van der Waals surface area contributed by atoms with Gasteiger partial charge in [0.05, 0.1) is 22.2 Å². The summed E-state index contributed by atoms with van der Waals surface area (Å²) in [5.74, 6) is -0.612. The smallest absolute Gasteiger partial charge is 0.372 e. The molecular formula is C26H26Cl2N4O3. The van der Waals surface area contributed by atoms with E-state index in [1.54, 1.807) is 12.1 Å². The Morgan fingerprint density at radius 2 is 1.86 bits per heavy atom. The maximum absolute atomic E-state index is 13.3. The third-order valence-electron chi connectivity index (χ3n) is 6.01. The van der Waals surface area contributed by atoms with Gasteiger partial charge in [0.15, 0.2) is 5.82 Å². The predicted octanol–water partition coefficient (Wildman–Crippen LogP) is 5.82. The summed E-state index contributed by atoms with van der Waals surface area (Å²) in [7, 11) is 3.84. The van der Waals surface area contributed by atoms with Gasteiger partial charge in [-0.15, -0.1) is 0 Å². The Hall–Kier alpha value is -3.13. The zero-order valence-corrected chi connectivity index (χ0v) is 21.5. The summed E-state index contributed by atoms with van der Waals surface area (Å²) in [4.78, 5) is 21.5. The summed E-state index contributed by atoms with van der Waals surface area (Å²) in [5.41, 5.74) is 4.01. The van der Waals surface area contributed by atoms with Crippen LogP contribution in [0, 0.1) is 0 Å². The molecular weight excluding hydrogens is 487 g/mol. The van der Waals surface area contributed by atoms with Gasteiger partial charge in [-0.3, -0.25) is 9.42 Å². The van der Waals surface area contributed by atoms with Crippen LogP contribution in [0.25, 0.3) is 0 Å². The van der Waals surface area contributed by atoms with Crippen molar-refractivity contribution >= 4 is 29.2 Å². The first-order valence-electron chi connectivity index (χ1n) is 11.1. The van der Waals surface area contributed by atoms with Crippen LogP contribution in [0.1, 0.15) is 36.7 Å². The molecule has 0 bridgehead atoms. The number of allylic oxidation sites excluding steroid dienone is 3. The van der Waals surface area contributed by atoms with Crippen LogP contribution in [0.15, 0.2) is 76.1 Å². The Morgan fingerprint density at radius 1 is 1.11 bits per heavy atom. The number of rotatable bonds is 7. The fourth-order valence-corrected chi connectivity index (χ4v) is 4.48. The van der Waals surface area contributed by atoms with Gasteiger partial charge in [-0.25, -0.2) is 4.79 Å². The van der Waals surface area contributed by atoms with E-state index in [0.29, 0.717) is 33.6 Å². The molecule has 0 aliphatic carbocycles. The third kappa shape index (κ3) is 5.59. The molecule has 1 atom stereocenters. The minimum Gasteiger partial charge on any atom is -0.372 e. The maximum Gasteiger partial charge on any atom is 0.425 e. The van der Waals surface area contributed by atoms with Crippen LogP contribution < -0.4 is 4.74 Å². The van der Waals surface area contributed by atoms with Crippen molar-refractivity contribution in [2.45, 2.75) is 32.9 Å². The van der Waals surface area contributed by atoms with E-state index < -0.39 is 11.9 Å². The molecule has 3 aromatic rings. The molecule has 2 aromatic carbocycles. The van der Waals surface area contributed by atoms with Crippen LogP contribution in [0.4, 0.5) is 0 Å². The molecule has 0 spiro atoms. The number of aromatic nitrogens is 2. The lowest BCUT2D eigenvalue weighted by Crippen LogP contribution is -2.28. The molecule has 0 radical (unpaired) electrons. The van der Waals surface area contributed by atoms with E-state index in [2.05, 4.69) is 22.3 Å². The van der Waals surface area contributed by atoms with Gasteiger partial charge in [-0.05, 0) is 38.1 Å². The van der Waals surface area contributed by atoms with Gasteiger partial charge in [0.1, 0.15) is 0 Å². The highest BCUT2D eigenvalue weighted by Crippen LogP contribution is 2.41. The summed E-state index contributed by atoms with van der Waals surface area (Å²) >= 11 is 12.8. The minimum absolute atomic E-state index is 0.205. The molecule has 0 saturated carbocycles. The molecule has 1 unspecified atom stereocenters. The molecule has 9 heteroatoms. The molecule has 4 rings (SSSR count). The average molecular weight is 513 g/mol. The van der Waals surface area contributed by atoms with Gasteiger partial charge in [0, 0.05) is 30.9 Å². The van der Waals surface area contributed by atoms with Gasteiger partial charge < -0.3 is 9.64 Å². The summed E-state index contributed by atoms with van der Waals surface area (Å²) in [6.07, 6.45) is 1.75. The van der Waals surface area contributed by atoms with Crippen molar-refractivity contribution in [1.29, 1.82) is 0 Å². The largest absolute Gasteiger partial charge is 0.425 e. The first kappa shape index (κ1) is 25.0. The van der Waals surface area contributed by atoms with Crippen LogP contribution >= 0.6 is 23.2 Å². The van der Waals surface area contributed by atoms with E-state index in [0.717, 1.165) is 17.9 Å². The SMILES string of the molecule is CC1=CC(c2cccc(Cl)c2Cl)C(C(=O)Oc2nc(CN(C)Cc3ccccc3)no2)=C(C)N1C. The highest BCUT2D eigenvalue weighted by molar-refractivity contribution is 6.42. The number of carbonyl (C=O) groups is 1. The molecule has 0 saturated heterocycles. The number of halogens is 2. The minimum atomic E-state index is -0.591. The average Bonchev–Trinajstić information content (AvgIpc) is 3.25. The van der Waals surface area contributed by atoms with Crippen LogP contribution in [-0.4, -0.2) is 40.0 Å². The van der Waals surface area contributed by atoms with Crippen molar-refractivity contribution in [3.63, 3.8) is 0 Å². The Kier molecular flexibility index (Phi) is 7.60. The molecule has 1 aromatic heterocycles. The van der Waals surface area contributed by atoms with E-state index in [4.69, 9.17) is 32.5 Å². The van der Waals surface area contributed by atoms with Gasteiger partial charge in [0.25, 0.3) is 0 Å². The van der Waals surface area contributed by atoms with Gasteiger partial charge in [-0.1, -0.05) is 76.9 Å². The molecule has 1 aliphatic rings. The Morgan fingerprint density at radius 3 is 2.60 bits per heavy atom. The Balaban J connectivity index is 1.52. The molecule has 7 nitrogen and oxygen atoms in total. The van der Waals surface area contributed by atoms with Crippen molar-refractivity contribution in [3.05, 3.63) is 98.6 Å². The monoisotopic (exact) mass is 512 g/mol. The first-order valence-corrected chi connectivity index (χ1v) is 11.8. The number of esters is 1. The molecule has 35 heavy (non-hydrogen) atoms. The van der Waals surface area contributed by atoms with Gasteiger partial charge in [0.2, 0.25) is 0 Å². The second-order valence-corrected chi connectivity index (χ2v) is 9.30. The summed E-state index contributed by atoms with van der Waals surface area (Å²) in [5, 5.41) is 4.78. The topological polar surface area (TPSA) is 71.7 Å². The summed E-state index contributed by atoms with van der Waals surface area (Å²) < 4.78 is 10.7. The third-order valence-corrected chi connectivity index (χ3v) is 6.85. The lowest BCUT2D eigenvalue weighted by Gasteiger charge is -2.32. The van der Waals surface area contributed by atoms with Gasteiger partial charge >= 0.3 is 12.0 Å². The highest BCUT2D eigenvalue weighted by Gasteiger charge is 2.33. The molecule has 0 amide bonds. The fourth-order valence-electron chi connectivity index (χ4n) is 4.06. The van der Waals surface area contributed by atoms with E-state index in [1.165, 1.54) is 5.56 Å². The lowest BCUT2D eigenvalue weighted by molar-refractivity contribution is -0.132. The molecule has 182 valence electrons. The zero-order chi connectivity index (χ0) is 25.1. The molecule has 2 heterocycles. The standard InChI is InChI=1S/C26H26Cl2N4O3/c1-16-13-20(19-11-8-12-21(27)24(19)28)23(17(2)32(16)4)25(33)34-26-29-22(30-35-26)15-31(3)14-18-9-6-5-7-10-18/h5-13,20H,14-15H2,1-4H3. The number of carbonyl (C=O) groups excluding carboxylic acids is 1. The second-order valence-electron chi connectivity index (χ2n) is 8.51. The predicted molar refractivity (Wildman–Crippen MR) is 135 cm³/mol. The normalized spacial score (nSPS) is 16.0. The number of benzene rings is 2. The Labute approximate surface area is 214 Å². The van der Waals surface area contributed by atoms with Crippen LogP contribution in [0.2, 0.25) is 10.0 Å². The Bertz CT molecular complexity index is 1290. The second kappa shape index (κ2) is 10.6. The van der Waals surface area contributed by atoms with Crippen molar-refractivity contribution in [1.82, 2.24) is 19.9 Å². The van der Waals surface area contributed by atoms with E-state index in [-0.39, 0.29) is 6.08 Å². The lowest BCUT2D eigenvalue weighted by atomic mass is 9.86. The van der Waals surface area contributed by atoms with Crippen LogP contribution in [0.5, 0.6) is 6.08 Å². The summed E-state index contributed by atoms with van der Waals surface area (Å²) in [6.45, 7) is 4.98. The summed E-state index contributed by atoms with van der Waals surface area (Å²) in [6, 6.07) is 15.4. The first-order chi connectivity index (χ1) is 16.7. The zero-order valence-electron chi connectivity index (χ0n) is 20.0. The van der Waals surface area contributed by atoms with Crippen molar-refractivity contribution in [2.24, 2.45) is 0 Å². The van der Waals surface area contributed by atoms with E-state index >= 15 is 0 Å². The van der Waals surface area contributed by atoms with Crippen LogP contribution in [-0.2, 0) is 17.9 Å². The number of nitrogens with zero attached hydrogens (tertiary/aromatic N) is 4. The maximum atomic E-state index is 13.3. The fraction of sp³-hybridized carbons (Fsp3) is 0.269. The number of hydrogen-bond acceptors (Lipinski definition) is 7.